The fourth-order valence-corrected chi connectivity index (χ4v) is 1.96. The molecule has 0 bridgehead atoms. The number of halogens is 1. The van der Waals surface area contributed by atoms with Crippen LogP contribution in [0.25, 0.3) is 11.4 Å². The molecule has 100 valence electrons. The van der Waals surface area contributed by atoms with Crippen molar-refractivity contribution in [1.29, 1.82) is 0 Å². The van der Waals surface area contributed by atoms with Crippen LogP contribution in [0.5, 0.6) is 6.01 Å². The molecule has 0 aliphatic carbocycles. The van der Waals surface area contributed by atoms with Gasteiger partial charge in [0.25, 0.3) is 0 Å². The van der Waals surface area contributed by atoms with Crippen LogP contribution in [0.1, 0.15) is 25.8 Å². The highest BCUT2D eigenvalue weighted by atomic mass is 35.5. The summed E-state index contributed by atoms with van der Waals surface area (Å²) < 4.78 is 5.28. The lowest BCUT2D eigenvalue weighted by molar-refractivity contribution is 0.312. The molecule has 0 saturated heterocycles. The predicted molar refractivity (Wildman–Crippen MR) is 75.4 cm³/mol. The predicted octanol–water partition coefficient (Wildman–Crippen LogP) is 3.54. The van der Waals surface area contributed by atoms with Crippen molar-refractivity contribution in [2.45, 2.75) is 26.7 Å². The second-order valence-corrected chi connectivity index (χ2v) is 4.43. The average molecular weight is 278 g/mol. The van der Waals surface area contributed by atoms with E-state index in [1.807, 2.05) is 19.1 Å². The molecule has 0 radical (unpaired) electrons. The van der Waals surface area contributed by atoms with E-state index >= 15 is 0 Å². The third kappa shape index (κ3) is 3.64. The van der Waals surface area contributed by atoms with Gasteiger partial charge in [0.15, 0.2) is 5.82 Å². The van der Waals surface area contributed by atoms with Gasteiger partial charge in [0.1, 0.15) is 0 Å². The van der Waals surface area contributed by atoms with Gasteiger partial charge in [0.05, 0.1) is 6.61 Å². The Kier molecular flexibility index (Phi) is 4.68. The lowest BCUT2D eigenvalue weighted by Gasteiger charge is -2.06. The number of nitrogens with zero attached hydrogens (tertiary/aromatic N) is 3. The zero-order chi connectivity index (χ0) is 13.7. The number of benzene rings is 1. The monoisotopic (exact) mass is 277 g/mol. The van der Waals surface area contributed by atoms with Crippen molar-refractivity contribution in [3.8, 4) is 17.4 Å². The number of aryl methyl sites for hydroxylation is 1. The first-order chi connectivity index (χ1) is 9.22. The van der Waals surface area contributed by atoms with E-state index < -0.39 is 0 Å². The van der Waals surface area contributed by atoms with Gasteiger partial charge in [-0.15, -0.1) is 0 Å². The normalized spacial score (nSPS) is 10.5. The van der Waals surface area contributed by atoms with Crippen LogP contribution in [0.3, 0.4) is 0 Å². The summed E-state index contributed by atoms with van der Waals surface area (Å²) in [6, 6.07) is 8.39. The maximum atomic E-state index is 5.89. The van der Waals surface area contributed by atoms with E-state index in [-0.39, 0.29) is 11.3 Å². The minimum absolute atomic E-state index is 0.148. The van der Waals surface area contributed by atoms with Crippen molar-refractivity contribution in [2.24, 2.45) is 0 Å². The second kappa shape index (κ2) is 6.48. The molecule has 4 nitrogen and oxygen atoms in total. The third-order valence-electron chi connectivity index (χ3n) is 2.58. The lowest BCUT2D eigenvalue weighted by atomic mass is 10.1. The molecule has 1 aromatic heterocycles. The smallest absolute Gasteiger partial charge is 0.321 e. The highest BCUT2D eigenvalue weighted by Crippen LogP contribution is 2.20. The van der Waals surface area contributed by atoms with Crippen molar-refractivity contribution in [1.82, 2.24) is 15.0 Å². The largest absolute Gasteiger partial charge is 0.464 e. The lowest BCUT2D eigenvalue weighted by Crippen LogP contribution is -2.01. The number of hydrogen-bond donors (Lipinski definition) is 0. The van der Waals surface area contributed by atoms with Gasteiger partial charge >= 0.3 is 6.01 Å². The molecular weight excluding hydrogens is 262 g/mol. The molecule has 2 rings (SSSR count). The number of hydrogen-bond acceptors (Lipinski definition) is 4. The second-order valence-electron chi connectivity index (χ2n) is 4.09. The van der Waals surface area contributed by atoms with Crippen LogP contribution in [-0.4, -0.2) is 21.6 Å². The zero-order valence-corrected chi connectivity index (χ0v) is 11.8. The van der Waals surface area contributed by atoms with Crippen LogP contribution in [0.15, 0.2) is 24.3 Å². The van der Waals surface area contributed by atoms with Crippen molar-refractivity contribution < 1.29 is 4.74 Å². The van der Waals surface area contributed by atoms with Gasteiger partial charge < -0.3 is 4.74 Å². The summed E-state index contributed by atoms with van der Waals surface area (Å²) >= 11 is 5.89. The van der Waals surface area contributed by atoms with E-state index in [9.17, 15) is 0 Å². The molecule has 2 aromatic rings. The van der Waals surface area contributed by atoms with Gasteiger partial charge in [-0.25, -0.2) is 0 Å². The minimum atomic E-state index is 0.148. The molecule has 0 aliphatic rings. The number of rotatable bonds is 5. The first kappa shape index (κ1) is 13.7. The molecule has 0 saturated carbocycles. The van der Waals surface area contributed by atoms with Crippen molar-refractivity contribution in [3.63, 3.8) is 0 Å². The molecule has 1 aromatic carbocycles. The summed E-state index contributed by atoms with van der Waals surface area (Å²) in [5, 5.41) is 0.148. The van der Waals surface area contributed by atoms with Crippen LogP contribution < -0.4 is 4.74 Å². The summed E-state index contributed by atoms with van der Waals surface area (Å²) in [7, 11) is 0. The Morgan fingerprint density at radius 2 is 2.00 bits per heavy atom. The van der Waals surface area contributed by atoms with Crippen LogP contribution in [0, 0.1) is 0 Å². The van der Waals surface area contributed by atoms with Crippen molar-refractivity contribution in [3.05, 3.63) is 35.1 Å². The number of ether oxygens (including phenoxy) is 1. The summed E-state index contributed by atoms with van der Waals surface area (Å²) in [6.07, 6.45) is 2.14. The maximum Gasteiger partial charge on any atom is 0.321 e. The van der Waals surface area contributed by atoms with Gasteiger partial charge in [0.2, 0.25) is 5.28 Å². The summed E-state index contributed by atoms with van der Waals surface area (Å²) in [6.45, 7) is 4.52. The van der Waals surface area contributed by atoms with Gasteiger partial charge in [-0.05, 0) is 36.6 Å². The molecule has 0 fully saturated rings. The molecule has 0 aliphatic heterocycles. The molecule has 0 atom stereocenters. The molecule has 0 N–H and O–H groups in total. The highest BCUT2D eigenvalue weighted by molar-refractivity contribution is 6.28. The molecule has 0 unspecified atom stereocenters. The minimum Gasteiger partial charge on any atom is -0.464 e. The maximum absolute atomic E-state index is 5.89. The average Bonchev–Trinajstić information content (AvgIpc) is 2.39. The van der Waals surface area contributed by atoms with E-state index in [4.69, 9.17) is 16.3 Å². The quantitative estimate of drug-likeness (QED) is 0.839. The van der Waals surface area contributed by atoms with Crippen LogP contribution in [0.4, 0.5) is 0 Å². The van der Waals surface area contributed by atoms with E-state index in [1.54, 1.807) is 0 Å². The highest BCUT2D eigenvalue weighted by Gasteiger charge is 2.08. The fraction of sp³-hybridized carbons (Fsp3) is 0.357. The first-order valence-electron chi connectivity index (χ1n) is 6.36. The number of aromatic nitrogens is 3. The molecule has 1 heterocycles. The molecule has 5 heteroatoms. The van der Waals surface area contributed by atoms with Gasteiger partial charge in [-0.1, -0.05) is 31.5 Å². The van der Waals surface area contributed by atoms with E-state index in [0.29, 0.717) is 12.4 Å². The van der Waals surface area contributed by atoms with Crippen molar-refractivity contribution >= 4 is 11.6 Å². The van der Waals surface area contributed by atoms with Gasteiger partial charge in [0, 0.05) is 5.56 Å². The molecule has 0 spiro atoms. The van der Waals surface area contributed by atoms with E-state index in [2.05, 4.69) is 34.0 Å². The Labute approximate surface area is 117 Å². The summed E-state index contributed by atoms with van der Waals surface area (Å²) in [5.41, 5.74) is 2.19. The van der Waals surface area contributed by atoms with E-state index in [1.165, 1.54) is 5.56 Å². The van der Waals surface area contributed by atoms with Crippen molar-refractivity contribution in [2.75, 3.05) is 6.61 Å². The van der Waals surface area contributed by atoms with Crippen LogP contribution in [0.2, 0.25) is 5.28 Å². The topological polar surface area (TPSA) is 47.9 Å². The van der Waals surface area contributed by atoms with Gasteiger partial charge in [-0.2, -0.15) is 15.0 Å². The SMILES string of the molecule is CCCc1cccc(-c2nc(Cl)nc(OCC)n2)c1. The molecule has 0 amide bonds. The summed E-state index contributed by atoms with van der Waals surface area (Å²) in [4.78, 5) is 12.3. The Bertz CT molecular complexity index is 560. The Hall–Kier alpha value is -1.68. The van der Waals surface area contributed by atoms with Crippen LogP contribution >= 0.6 is 11.6 Å². The van der Waals surface area contributed by atoms with E-state index in [0.717, 1.165) is 18.4 Å². The Morgan fingerprint density at radius 1 is 1.16 bits per heavy atom. The Morgan fingerprint density at radius 3 is 2.74 bits per heavy atom. The van der Waals surface area contributed by atoms with Crippen LogP contribution in [-0.2, 0) is 6.42 Å². The Balaban J connectivity index is 2.37. The summed E-state index contributed by atoms with van der Waals surface area (Å²) in [5.74, 6) is 0.543. The standard InChI is InChI=1S/C14H16ClN3O/c1-3-6-10-7-5-8-11(9-10)12-16-13(15)18-14(17-12)19-4-2/h5,7-9H,3-4,6H2,1-2H3. The molecule has 19 heavy (non-hydrogen) atoms. The first-order valence-corrected chi connectivity index (χ1v) is 6.74. The van der Waals surface area contributed by atoms with Gasteiger partial charge in [-0.3, -0.25) is 0 Å². The fourth-order valence-electron chi connectivity index (χ4n) is 1.81. The zero-order valence-electron chi connectivity index (χ0n) is 11.1. The third-order valence-corrected chi connectivity index (χ3v) is 2.75. The molecular formula is C14H16ClN3O.